The maximum atomic E-state index is 11.8. The number of carbonyl (C=O) groups is 2. The average molecular weight is 428 g/mol. The third-order valence-corrected chi connectivity index (χ3v) is 4.83. The van der Waals surface area contributed by atoms with Gasteiger partial charge in [0.2, 0.25) is 0 Å². The van der Waals surface area contributed by atoms with E-state index in [1.807, 2.05) is 39.0 Å². The van der Waals surface area contributed by atoms with Crippen molar-refractivity contribution in [2.45, 2.75) is 45.6 Å². The van der Waals surface area contributed by atoms with Crippen molar-refractivity contribution in [3.05, 3.63) is 28.2 Å². The zero-order valence-electron chi connectivity index (χ0n) is 15.5. The van der Waals surface area contributed by atoms with E-state index in [0.29, 0.717) is 24.8 Å². The number of esters is 1. The lowest BCUT2D eigenvalue weighted by Crippen LogP contribution is -2.37. The van der Waals surface area contributed by atoms with Crippen molar-refractivity contribution in [1.82, 2.24) is 4.90 Å². The first-order valence-electron chi connectivity index (χ1n) is 8.75. The molecule has 1 saturated heterocycles. The van der Waals surface area contributed by atoms with Gasteiger partial charge in [-0.1, -0.05) is 6.07 Å². The average Bonchev–Trinajstić information content (AvgIpc) is 2.54. The predicted molar refractivity (Wildman–Crippen MR) is 102 cm³/mol. The zero-order chi connectivity index (χ0) is 19.3. The fourth-order valence-electron chi connectivity index (χ4n) is 2.95. The number of hydrogen-bond acceptors (Lipinski definition) is 4. The Bertz CT molecular complexity index is 648. The van der Waals surface area contributed by atoms with Crippen LogP contribution in [0.15, 0.2) is 22.7 Å². The van der Waals surface area contributed by atoms with Crippen LogP contribution in [-0.2, 0) is 16.0 Å². The van der Waals surface area contributed by atoms with Crippen LogP contribution in [0.3, 0.4) is 0 Å². The number of halogens is 1. The fraction of sp³-hybridized carbons (Fsp3) is 0.579. The van der Waals surface area contributed by atoms with Gasteiger partial charge in [0, 0.05) is 13.1 Å². The van der Waals surface area contributed by atoms with Crippen LogP contribution in [0.25, 0.3) is 0 Å². The molecule has 0 radical (unpaired) electrons. The Hall–Kier alpha value is -1.76. The Morgan fingerprint density at radius 2 is 1.92 bits per heavy atom. The number of amides is 1. The molecule has 0 unspecified atom stereocenters. The third kappa shape index (κ3) is 6.52. The summed E-state index contributed by atoms with van der Waals surface area (Å²) in [5, 5.41) is 9.02. The second-order valence-electron chi connectivity index (χ2n) is 7.56. The van der Waals surface area contributed by atoms with Gasteiger partial charge in [-0.05, 0) is 79.6 Å². The summed E-state index contributed by atoms with van der Waals surface area (Å²) in [6, 6.07) is 5.86. The molecular weight excluding hydrogens is 402 g/mol. The number of nitrogens with zero attached hydrogens (tertiary/aromatic N) is 1. The maximum Gasteiger partial charge on any atom is 0.407 e. The molecule has 1 aromatic rings. The molecule has 0 bridgehead atoms. The van der Waals surface area contributed by atoms with Crippen LogP contribution in [0.1, 0.15) is 39.2 Å². The summed E-state index contributed by atoms with van der Waals surface area (Å²) in [5.74, 6) is 0.651. The Labute approximate surface area is 162 Å². The molecule has 26 heavy (non-hydrogen) atoms. The molecule has 1 heterocycles. The summed E-state index contributed by atoms with van der Waals surface area (Å²) in [5.41, 5.74) is 0.575. The number of ether oxygens (including phenoxy) is 2. The highest BCUT2D eigenvalue weighted by Gasteiger charge is 2.23. The largest absolute Gasteiger partial charge is 0.481 e. The summed E-state index contributed by atoms with van der Waals surface area (Å²) in [6.45, 7) is 6.47. The zero-order valence-corrected chi connectivity index (χ0v) is 17.0. The van der Waals surface area contributed by atoms with E-state index in [9.17, 15) is 9.59 Å². The van der Waals surface area contributed by atoms with Crippen LogP contribution in [0.4, 0.5) is 4.79 Å². The molecule has 0 saturated carbocycles. The molecule has 0 aliphatic carbocycles. The third-order valence-electron chi connectivity index (χ3n) is 4.17. The molecule has 1 N–H and O–H groups in total. The Kier molecular flexibility index (Phi) is 6.92. The van der Waals surface area contributed by atoms with Gasteiger partial charge in [-0.25, -0.2) is 9.59 Å². The van der Waals surface area contributed by atoms with Crippen molar-refractivity contribution in [3.63, 3.8) is 0 Å². The normalized spacial score (nSPS) is 15.6. The first kappa shape index (κ1) is 20.6. The standard InChI is InChI=1S/C19H26BrNO5/c1-19(2,3)26-17(22)12-25-16-11-14(4-5-15(16)20)10-13-6-8-21(9-7-13)18(23)24/h4-5,11,13H,6-10,12H2,1-3H3,(H,23,24). The van der Waals surface area contributed by atoms with Crippen molar-refractivity contribution in [3.8, 4) is 5.75 Å². The van der Waals surface area contributed by atoms with Crippen molar-refractivity contribution >= 4 is 28.0 Å². The van der Waals surface area contributed by atoms with Gasteiger partial charge in [-0.15, -0.1) is 0 Å². The van der Waals surface area contributed by atoms with Gasteiger partial charge in [0.25, 0.3) is 0 Å². The van der Waals surface area contributed by atoms with Gasteiger partial charge in [-0.3, -0.25) is 0 Å². The molecule has 2 rings (SSSR count). The number of carbonyl (C=O) groups excluding carboxylic acids is 1. The number of hydrogen-bond donors (Lipinski definition) is 1. The highest BCUT2D eigenvalue weighted by Crippen LogP contribution is 2.29. The van der Waals surface area contributed by atoms with E-state index in [4.69, 9.17) is 14.6 Å². The van der Waals surface area contributed by atoms with E-state index in [2.05, 4.69) is 15.9 Å². The predicted octanol–water partition coefficient (Wildman–Crippen LogP) is 4.10. The van der Waals surface area contributed by atoms with Crippen LogP contribution < -0.4 is 4.74 Å². The molecule has 1 aliphatic heterocycles. The lowest BCUT2D eigenvalue weighted by molar-refractivity contribution is -0.157. The Balaban J connectivity index is 1.91. The maximum absolute atomic E-state index is 11.8. The second-order valence-corrected chi connectivity index (χ2v) is 8.41. The molecule has 1 aromatic carbocycles. The minimum atomic E-state index is -0.843. The van der Waals surface area contributed by atoms with E-state index in [1.165, 1.54) is 4.90 Å². The second kappa shape index (κ2) is 8.75. The van der Waals surface area contributed by atoms with Crippen molar-refractivity contribution in [2.24, 2.45) is 5.92 Å². The van der Waals surface area contributed by atoms with Crippen molar-refractivity contribution in [1.29, 1.82) is 0 Å². The van der Waals surface area contributed by atoms with Gasteiger partial charge in [0.05, 0.1) is 4.47 Å². The molecule has 1 amide bonds. The van der Waals surface area contributed by atoms with Crippen LogP contribution in [0.5, 0.6) is 5.75 Å². The number of carboxylic acid groups (broad SMARTS) is 1. The molecule has 7 heteroatoms. The molecular formula is C19H26BrNO5. The molecule has 0 spiro atoms. The SMILES string of the molecule is CC(C)(C)OC(=O)COc1cc(CC2CCN(C(=O)O)CC2)ccc1Br. The Morgan fingerprint density at radius 1 is 1.27 bits per heavy atom. The monoisotopic (exact) mass is 427 g/mol. The summed E-state index contributed by atoms with van der Waals surface area (Å²) in [4.78, 5) is 24.3. The summed E-state index contributed by atoms with van der Waals surface area (Å²) in [7, 11) is 0. The lowest BCUT2D eigenvalue weighted by Gasteiger charge is -2.30. The van der Waals surface area contributed by atoms with E-state index in [-0.39, 0.29) is 6.61 Å². The molecule has 0 aromatic heterocycles. The van der Waals surface area contributed by atoms with Crippen molar-refractivity contribution in [2.75, 3.05) is 19.7 Å². The van der Waals surface area contributed by atoms with Gasteiger partial charge in [0.15, 0.2) is 6.61 Å². The number of piperidine rings is 1. The van der Waals surface area contributed by atoms with E-state index in [0.717, 1.165) is 29.3 Å². The number of benzene rings is 1. The first-order valence-corrected chi connectivity index (χ1v) is 9.54. The molecule has 1 fully saturated rings. The Morgan fingerprint density at radius 3 is 2.50 bits per heavy atom. The van der Waals surface area contributed by atoms with Gasteiger partial charge < -0.3 is 19.5 Å². The molecule has 144 valence electrons. The minimum Gasteiger partial charge on any atom is -0.481 e. The fourth-order valence-corrected chi connectivity index (χ4v) is 3.32. The van der Waals surface area contributed by atoms with Crippen LogP contribution in [-0.4, -0.2) is 47.4 Å². The van der Waals surface area contributed by atoms with Crippen LogP contribution in [0, 0.1) is 5.92 Å². The van der Waals surface area contributed by atoms with E-state index in [1.54, 1.807) is 0 Å². The molecule has 1 aliphatic rings. The lowest BCUT2D eigenvalue weighted by atomic mass is 9.90. The van der Waals surface area contributed by atoms with Gasteiger partial charge in [0.1, 0.15) is 11.4 Å². The smallest absolute Gasteiger partial charge is 0.407 e. The highest BCUT2D eigenvalue weighted by atomic mass is 79.9. The first-order chi connectivity index (χ1) is 12.1. The van der Waals surface area contributed by atoms with Crippen LogP contribution >= 0.6 is 15.9 Å². The van der Waals surface area contributed by atoms with Gasteiger partial charge in [-0.2, -0.15) is 0 Å². The molecule has 6 nitrogen and oxygen atoms in total. The van der Waals surface area contributed by atoms with E-state index < -0.39 is 17.7 Å². The highest BCUT2D eigenvalue weighted by molar-refractivity contribution is 9.10. The van der Waals surface area contributed by atoms with Gasteiger partial charge >= 0.3 is 12.1 Å². The minimum absolute atomic E-state index is 0.143. The summed E-state index contributed by atoms with van der Waals surface area (Å²) >= 11 is 3.44. The summed E-state index contributed by atoms with van der Waals surface area (Å²) in [6.07, 6.45) is 1.74. The topological polar surface area (TPSA) is 76.1 Å². The molecule has 0 atom stereocenters. The summed E-state index contributed by atoms with van der Waals surface area (Å²) < 4.78 is 11.6. The van der Waals surface area contributed by atoms with Crippen molar-refractivity contribution < 1.29 is 24.2 Å². The number of rotatable bonds is 5. The van der Waals surface area contributed by atoms with E-state index >= 15 is 0 Å². The number of likely N-dealkylation sites (tertiary alicyclic amines) is 1. The quantitative estimate of drug-likeness (QED) is 0.715. The van der Waals surface area contributed by atoms with Crippen LogP contribution in [0.2, 0.25) is 0 Å².